The highest BCUT2D eigenvalue weighted by Gasteiger charge is 2.21. The van der Waals surface area contributed by atoms with Crippen LogP contribution in [0.2, 0.25) is 0 Å². The number of hydrogen-bond donors (Lipinski definition) is 2. The van der Waals surface area contributed by atoms with Gasteiger partial charge in [0.15, 0.2) is 0 Å². The maximum absolute atomic E-state index is 13.2. The van der Waals surface area contributed by atoms with Crippen molar-refractivity contribution in [2.75, 3.05) is 5.75 Å². The molecule has 1 aromatic rings. The van der Waals surface area contributed by atoms with E-state index < -0.39 is 34.5 Å². The first kappa shape index (κ1) is 16.8. The molecule has 20 heavy (non-hydrogen) atoms. The first-order valence-corrected chi connectivity index (χ1v) is 7.86. The van der Waals surface area contributed by atoms with Crippen LogP contribution in [0.1, 0.15) is 12.5 Å². The Morgan fingerprint density at radius 3 is 2.60 bits per heavy atom. The lowest BCUT2D eigenvalue weighted by Crippen LogP contribution is -2.43. The first-order valence-electron chi connectivity index (χ1n) is 5.58. The zero-order chi connectivity index (χ0) is 15.3. The number of amides is 1. The minimum atomic E-state index is -1.54. The zero-order valence-electron chi connectivity index (χ0n) is 10.6. The van der Waals surface area contributed by atoms with Gasteiger partial charge in [0.05, 0.1) is 5.75 Å². The lowest BCUT2D eigenvalue weighted by molar-refractivity contribution is -0.140. The Morgan fingerprint density at radius 1 is 1.45 bits per heavy atom. The summed E-state index contributed by atoms with van der Waals surface area (Å²) in [5.74, 6) is -2.46. The Hall–Kier alpha value is -1.28. The average Bonchev–Trinajstić information content (AvgIpc) is 2.25. The van der Waals surface area contributed by atoms with Crippen LogP contribution in [0.5, 0.6) is 0 Å². The Balaban J connectivity index is 2.70. The van der Waals surface area contributed by atoms with Gasteiger partial charge in [0.2, 0.25) is 5.91 Å². The number of nitrogens with one attached hydrogen (secondary N) is 1. The van der Waals surface area contributed by atoms with Gasteiger partial charge in [-0.2, -0.15) is 0 Å². The standard InChI is InChI=1S/C12H13BrFNO4S/c1-7(16)15-11(12(17)18)6-20(19)5-8-2-9(13)4-10(14)3-8/h2-4,11H,5-6H2,1H3,(H,15,16)(H,17,18)/t11-,20?/m0/s1. The molecule has 0 aromatic heterocycles. The van der Waals surface area contributed by atoms with Crippen LogP contribution in [0.4, 0.5) is 4.39 Å². The maximum Gasteiger partial charge on any atom is 0.327 e. The Morgan fingerprint density at radius 2 is 2.10 bits per heavy atom. The van der Waals surface area contributed by atoms with Crippen molar-refractivity contribution < 1.29 is 23.3 Å². The number of benzene rings is 1. The highest BCUT2D eigenvalue weighted by atomic mass is 79.9. The molecule has 1 unspecified atom stereocenters. The molecule has 1 rings (SSSR count). The molecule has 0 fully saturated rings. The molecular weight excluding hydrogens is 353 g/mol. The summed E-state index contributed by atoms with van der Waals surface area (Å²) in [6, 6.07) is 2.89. The number of carboxylic acids is 1. The molecule has 0 heterocycles. The highest BCUT2D eigenvalue weighted by molar-refractivity contribution is 9.10. The van der Waals surface area contributed by atoms with E-state index in [1.807, 2.05) is 0 Å². The second-order valence-electron chi connectivity index (χ2n) is 4.12. The van der Waals surface area contributed by atoms with Crippen LogP contribution in [0, 0.1) is 5.82 Å². The quantitative estimate of drug-likeness (QED) is 0.798. The van der Waals surface area contributed by atoms with Crippen molar-refractivity contribution in [2.24, 2.45) is 0 Å². The van der Waals surface area contributed by atoms with Crippen molar-refractivity contribution in [3.63, 3.8) is 0 Å². The molecule has 0 saturated carbocycles. The molecule has 5 nitrogen and oxygen atoms in total. The van der Waals surface area contributed by atoms with Gasteiger partial charge in [-0.05, 0) is 23.8 Å². The summed E-state index contributed by atoms with van der Waals surface area (Å²) in [5.41, 5.74) is 0.488. The van der Waals surface area contributed by atoms with Crippen LogP contribution in [0.15, 0.2) is 22.7 Å². The summed E-state index contributed by atoms with van der Waals surface area (Å²) in [7, 11) is -1.54. The predicted molar refractivity (Wildman–Crippen MR) is 76.1 cm³/mol. The van der Waals surface area contributed by atoms with Crippen LogP contribution in [-0.2, 0) is 26.1 Å². The van der Waals surface area contributed by atoms with Gasteiger partial charge in [0, 0.05) is 27.9 Å². The third-order valence-corrected chi connectivity index (χ3v) is 4.10. The molecule has 0 aliphatic heterocycles. The lowest BCUT2D eigenvalue weighted by Gasteiger charge is -2.12. The zero-order valence-corrected chi connectivity index (χ0v) is 13.0. The molecule has 0 bridgehead atoms. The number of carbonyl (C=O) groups excluding carboxylic acids is 1. The molecule has 110 valence electrons. The molecule has 8 heteroatoms. The fourth-order valence-electron chi connectivity index (χ4n) is 1.55. The van der Waals surface area contributed by atoms with E-state index in [0.29, 0.717) is 10.0 Å². The lowest BCUT2D eigenvalue weighted by atomic mass is 10.2. The minimum Gasteiger partial charge on any atom is -0.480 e. The normalized spacial score (nSPS) is 13.6. The molecule has 0 saturated heterocycles. The van der Waals surface area contributed by atoms with Gasteiger partial charge < -0.3 is 10.4 Å². The van der Waals surface area contributed by atoms with Gasteiger partial charge in [0.25, 0.3) is 0 Å². The predicted octanol–water partition coefficient (Wildman–Crippen LogP) is 1.43. The van der Waals surface area contributed by atoms with Gasteiger partial charge in [0.1, 0.15) is 11.9 Å². The molecule has 1 amide bonds. The molecule has 2 atom stereocenters. The van der Waals surface area contributed by atoms with Crippen molar-refractivity contribution >= 4 is 38.6 Å². The van der Waals surface area contributed by atoms with Gasteiger partial charge in [-0.15, -0.1) is 0 Å². The van der Waals surface area contributed by atoms with E-state index in [-0.39, 0.29) is 11.5 Å². The third kappa shape index (κ3) is 5.79. The number of carboxylic acid groups (broad SMARTS) is 1. The molecular formula is C12H13BrFNO4S. The summed E-state index contributed by atoms with van der Waals surface area (Å²) in [6.45, 7) is 1.18. The van der Waals surface area contributed by atoms with E-state index in [9.17, 15) is 18.2 Å². The second kappa shape index (κ2) is 7.49. The van der Waals surface area contributed by atoms with Gasteiger partial charge in [-0.3, -0.25) is 9.00 Å². The maximum atomic E-state index is 13.2. The fourth-order valence-corrected chi connectivity index (χ4v) is 3.31. The van der Waals surface area contributed by atoms with Crippen LogP contribution in [-0.4, -0.2) is 33.0 Å². The number of aliphatic carboxylic acids is 1. The van der Waals surface area contributed by atoms with E-state index in [1.165, 1.54) is 19.1 Å². The summed E-state index contributed by atoms with van der Waals surface area (Å²) >= 11 is 3.12. The van der Waals surface area contributed by atoms with Crippen LogP contribution in [0.3, 0.4) is 0 Å². The number of hydrogen-bond acceptors (Lipinski definition) is 3. The van der Waals surface area contributed by atoms with Crippen molar-refractivity contribution in [1.82, 2.24) is 5.32 Å². The van der Waals surface area contributed by atoms with Crippen molar-refractivity contribution in [3.05, 3.63) is 34.1 Å². The molecule has 0 spiro atoms. The number of rotatable bonds is 6. The number of halogens is 2. The van der Waals surface area contributed by atoms with E-state index in [0.717, 1.165) is 0 Å². The highest BCUT2D eigenvalue weighted by Crippen LogP contribution is 2.16. The molecule has 0 aliphatic carbocycles. The largest absolute Gasteiger partial charge is 0.480 e. The van der Waals surface area contributed by atoms with Crippen LogP contribution < -0.4 is 5.32 Å². The minimum absolute atomic E-state index is 0.0136. The summed E-state index contributed by atoms with van der Waals surface area (Å²) in [6.07, 6.45) is 0. The Bertz CT molecular complexity index is 532. The van der Waals surface area contributed by atoms with Crippen LogP contribution in [0.25, 0.3) is 0 Å². The molecule has 0 aliphatic rings. The SMILES string of the molecule is CC(=O)N[C@@H](CS(=O)Cc1cc(F)cc(Br)c1)C(=O)O. The van der Waals surface area contributed by atoms with E-state index in [4.69, 9.17) is 5.11 Å². The van der Waals surface area contributed by atoms with Crippen molar-refractivity contribution in [3.8, 4) is 0 Å². The average molecular weight is 366 g/mol. The second-order valence-corrected chi connectivity index (χ2v) is 6.54. The van der Waals surface area contributed by atoms with E-state index in [2.05, 4.69) is 21.2 Å². The first-order chi connectivity index (χ1) is 9.27. The molecule has 1 aromatic carbocycles. The van der Waals surface area contributed by atoms with Gasteiger partial charge in [-0.1, -0.05) is 15.9 Å². The van der Waals surface area contributed by atoms with Gasteiger partial charge >= 0.3 is 5.97 Å². The monoisotopic (exact) mass is 365 g/mol. The Labute approximate surface area is 126 Å². The molecule has 2 N–H and O–H groups in total. The third-order valence-electron chi connectivity index (χ3n) is 2.28. The summed E-state index contributed by atoms with van der Waals surface area (Å²) in [4.78, 5) is 21.8. The molecule has 0 radical (unpaired) electrons. The van der Waals surface area contributed by atoms with Crippen molar-refractivity contribution in [1.29, 1.82) is 0 Å². The van der Waals surface area contributed by atoms with Crippen molar-refractivity contribution in [2.45, 2.75) is 18.7 Å². The van der Waals surface area contributed by atoms with Gasteiger partial charge in [-0.25, -0.2) is 9.18 Å². The smallest absolute Gasteiger partial charge is 0.327 e. The topological polar surface area (TPSA) is 83.5 Å². The Kier molecular flexibility index (Phi) is 6.28. The summed E-state index contributed by atoms with van der Waals surface area (Å²) < 4.78 is 25.6. The number of carbonyl (C=O) groups is 2. The fraction of sp³-hybridized carbons (Fsp3) is 0.333. The van der Waals surface area contributed by atoms with E-state index in [1.54, 1.807) is 6.07 Å². The van der Waals surface area contributed by atoms with Crippen LogP contribution >= 0.6 is 15.9 Å². The summed E-state index contributed by atoms with van der Waals surface area (Å²) in [5, 5.41) is 11.1. The van der Waals surface area contributed by atoms with E-state index >= 15 is 0 Å².